The molecule has 0 aliphatic heterocycles. The van der Waals surface area contributed by atoms with Crippen molar-refractivity contribution in [3.63, 3.8) is 0 Å². The fourth-order valence-corrected chi connectivity index (χ4v) is 4.49. The van der Waals surface area contributed by atoms with Crippen LogP contribution in [0.1, 0.15) is 34.5 Å². The van der Waals surface area contributed by atoms with E-state index in [-0.39, 0.29) is 23.8 Å². The summed E-state index contributed by atoms with van der Waals surface area (Å²) in [5.41, 5.74) is 3.91. The molecule has 162 valence electrons. The van der Waals surface area contributed by atoms with Crippen LogP contribution in [0.2, 0.25) is 0 Å². The van der Waals surface area contributed by atoms with Crippen molar-refractivity contribution in [2.24, 2.45) is 0 Å². The molecule has 0 aliphatic carbocycles. The summed E-state index contributed by atoms with van der Waals surface area (Å²) in [5, 5.41) is 16.2. The van der Waals surface area contributed by atoms with Crippen LogP contribution in [0.15, 0.2) is 35.4 Å². The first-order valence-electron chi connectivity index (χ1n) is 9.68. The fourth-order valence-electron chi connectivity index (χ4n) is 3.37. The van der Waals surface area contributed by atoms with Crippen LogP contribution in [0.5, 0.6) is 0 Å². The van der Waals surface area contributed by atoms with E-state index in [1.165, 1.54) is 26.4 Å². The number of nitriles is 1. The lowest BCUT2D eigenvalue weighted by Crippen LogP contribution is -2.27. The van der Waals surface area contributed by atoms with Crippen molar-refractivity contribution in [2.45, 2.75) is 38.1 Å². The molecule has 0 unspecified atom stereocenters. The van der Waals surface area contributed by atoms with Gasteiger partial charge in [-0.3, -0.25) is 4.79 Å². The molecule has 31 heavy (non-hydrogen) atoms. The zero-order chi connectivity index (χ0) is 22.8. The Labute approximate surface area is 181 Å². The average Bonchev–Trinajstić information content (AvgIpc) is 3.15. The number of rotatable bonds is 7. The smallest absolute Gasteiger partial charge is 0.242 e. The first-order chi connectivity index (χ1) is 14.7. The van der Waals surface area contributed by atoms with Crippen molar-refractivity contribution in [1.29, 1.82) is 5.26 Å². The number of hydrogen-bond donors (Lipinski definition) is 1. The lowest BCUT2D eigenvalue weighted by molar-refractivity contribution is -0.121. The highest BCUT2D eigenvalue weighted by atomic mass is 32.2. The second-order valence-electron chi connectivity index (χ2n) is 7.34. The van der Waals surface area contributed by atoms with Gasteiger partial charge in [0.05, 0.1) is 11.1 Å². The van der Waals surface area contributed by atoms with E-state index in [9.17, 15) is 13.2 Å². The highest BCUT2D eigenvalue weighted by molar-refractivity contribution is 7.89. The van der Waals surface area contributed by atoms with Crippen LogP contribution >= 0.6 is 0 Å². The maximum Gasteiger partial charge on any atom is 0.242 e. The van der Waals surface area contributed by atoms with E-state index in [4.69, 9.17) is 5.26 Å². The molecular weight excluding hydrogens is 416 g/mol. The number of hydrogen-bond acceptors (Lipinski definition) is 6. The van der Waals surface area contributed by atoms with Gasteiger partial charge in [-0.25, -0.2) is 22.2 Å². The maximum absolute atomic E-state index is 12.5. The van der Waals surface area contributed by atoms with Crippen molar-refractivity contribution >= 4 is 21.6 Å². The number of sulfonamides is 1. The van der Waals surface area contributed by atoms with Crippen molar-refractivity contribution < 1.29 is 13.2 Å². The van der Waals surface area contributed by atoms with Crippen molar-refractivity contribution in [3.05, 3.63) is 58.5 Å². The highest BCUT2D eigenvalue weighted by Gasteiger charge is 2.21. The van der Waals surface area contributed by atoms with Crippen LogP contribution < -0.4 is 5.32 Å². The molecule has 2 aromatic heterocycles. The summed E-state index contributed by atoms with van der Waals surface area (Å²) in [6.07, 6.45) is 2.14. The van der Waals surface area contributed by atoms with E-state index in [1.54, 1.807) is 22.7 Å². The first-order valence-corrected chi connectivity index (χ1v) is 11.1. The number of amides is 1. The molecule has 0 aliphatic rings. The van der Waals surface area contributed by atoms with E-state index in [1.807, 2.05) is 13.8 Å². The number of aryl methyl sites for hydroxylation is 2. The Morgan fingerprint density at radius 2 is 1.97 bits per heavy atom. The third-order valence-electron chi connectivity index (χ3n) is 5.14. The minimum absolute atomic E-state index is 0.113. The van der Waals surface area contributed by atoms with Gasteiger partial charge in [-0.2, -0.15) is 10.4 Å². The van der Waals surface area contributed by atoms with E-state index in [2.05, 4.69) is 21.5 Å². The van der Waals surface area contributed by atoms with Crippen LogP contribution in [-0.4, -0.2) is 47.3 Å². The molecule has 0 spiro atoms. The predicted molar refractivity (Wildman–Crippen MR) is 115 cm³/mol. The molecule has 0 fully saturated rings. The number of fused-ring (bicyclic) bond motifs is 1. The quantitative estimate of drug-likeness (QED) is 0.597. The van der Waals surface area contributed by atoms with Gasteiger partial charge in [0.2, 0.25) is 15.9 Å². The molecule has 2 heterocycles. The molecule has 1 amide bonds. The Morgan fingerprint density at radius 1 is 1.26 bits per heavy atom. The van der Waals surface area contributed by atoms with Gasteiger partial charge in [0, 0.05) is 38.4 Å². The zero-order valence-electron chi connectivity index (χ0n) is 17.9. The Hall–Kier alpha value is -3.29. The molecule has 0 saturated heterocycles. The van der Waals surface area contributed by atoms with Crippen molar-refractivity contribution in [3.8, 4) is 6.07 Å². The fraction of sp³-hybridized carbons (Fsp3) is 0.333. The summed E-state index contributed by atoms with van der Waals surface area (Å²) in [6.45, 7) is 3.84. The first kappa shape index (κ1) is 22.4. The third kappa shape index (κ3) is 4.42. The number of nitrogens with one attached hydrogen (secondary N) is 1. The predicted octanol–water partition coefficient (Wildman–Crippen LogP) is 1.72. The van der Waals surface area contributed by atoms with Gasteiger partial charge < -0.3 is 5.32 Å². The molecule has 0 bridgehead atoms. The van der Waals surface area contributed by atoms with Crippen LogP contribution in [0.3, 0.4) is 0 Å². The molecular formula is C21H24N6O3S. The van der Waals surface area contributed by atoms with Gasteiger partial charge in [-0.05, 0) is 37.5 Å². The van der Waals surface area contributed by atoms with Gasteiger partial charge in [0.15, 0.2) is 5.65 Å². The molecule has 10 heteroatoms. The maximum atomic E-state index is 12.5. The average molecular weight is 441 g/mol. The van der Waals surface area contributed by atoms with E-state index in [0.717, 1.165) is 21.3 Å². The van der Waals surface area contributed by atoms with Crippen molar-refractivity contribution in [2.75, 3.05) is 14.1 Å². The van der Waals surface area contributed by atoms with Gasteiger partial charge in [-0.15, -0.1) is 0 Å². The van der Waals surface area contributed by atoms with Gasteiger partial charge >= 0.3 is 0 Å². The molecule has 3 rings (SSSR count). The van der Waals surface area contributed by atoms with Crippen LogP contribution in [0, 0.1) is 25.2 Å². The number of carbonyl (C=O) groups is 1. The molecule has 9 nitrogen and oxygen atoms in total. The monoisotopic (exact) mass is 440 g/mol. The number of benzene rings is 1. The van der Waals surface area contributed by atoms with Gasteiger partial charge in [-0.1, -0.05) is 18.2 Å². The van der Waals surface area contributed by atoms with E-state index in [0.29, 0.717) is 23.2 Å². The third-order valence-corrected chi connectivity index (χ3v) is 7.05. The molecule has 0 atom stereocenters. The number of nitrogens with zero attached hydrogens (tertiary/aromatic N) is 5. The summed E-state index contributed by atoms with van der Waals surface area (Å²) >= 11 is 0. The minimum Gasteiger partial charge on any atom is -0.352 e. The highest BCUT2D eigenvalue weighted by Crippen LogP contribution is 2.20. The Bertz CT molecular complexity index is 1290. The summed E-state index contributed by atoms with van der Waals surface area (Å²) in [7, 11) is -0.659. The Balaban J connectivity index is 1.71. The SMILES string of the molecule is Cc1nc2c(C#N)cnn2c(C)c1CCC(=O)NCc1ccccc1S(=O)(=O)N(C)C. The summed E-state index contributed by atoms with van der Waals surface area (Å²) in [5.74, 6) is -0.200. The largest absolute Gasteiger partial charge is 0.352 e. The molecule has 3 aromatic rings. The molecule has 1 aromatic carbocycles. The number of aromatic nitrogens is 3. The van der Waals surface area contributed by atoms with Gasteiger partial charge in [0.1, 0.15) is 11.6 Å². The summed E-state index contributed by atoms with van der Waals surface area (Å²) in [6, 6.07) is 8.69. The number of carbonyl (C=O) groups excluding carboxylic acids is 1. The van der Waals surface area contributed by atoms with Gasteiger partial charge in [0.25, 0.3) is 0 Å². The standard InChI is InChI=1S/C21H24N6O3S/c1-14-18(15(2)27-21(25-14)17(11-22)13-24-27)9-10-20(28)23-12-16-7-5-6-8-19(16)31(29,30)26(3)4/h5-8,13H,9-10,12H2,1-4H3,(H,23,28). The minimum atomic E-state index is -3.60. The second kappa shape index (κ2) is 8.83. The van der Waals surface area contributed by atoms with Crippen LogP contribution in [0.25, 0.3) is 5.65 Å². The summed E-state index contributed by atoms with van der Waals surface area (Å²) < 4.78 is 27.7. The zero-order valence-corrected chi connectivity index (χ0v) is 18.7. The molecule has 1 N–H and O–H groups in total. The van der Waals surface area contributed by atoms with Crippen LogP contribution in [-0.2, 0) is 27.8 Å². The topological polar surface area (TPSA) is 120 Å². The molecule has 0 saturated carbocycles. The Kier molecular flexibility index (Phi) is 6.38. The summed E-state index contributed by atoms with van der Waals surface area (Å²) in [4.78, 5) is 17.1. The second-order valence-corrected chi connectivity index (χ2v) is 9.46. The molecule has 0 radical (unpaired) electrons. The van der Waals surface area contributed by atoms with Crippen molar-refractivity contribution in [1.82, 2.24) is 24.2 Å². The lowest BCUT2D eigenvalue weighted by atomic mass is 10.1. The van der Waals surface area contributed by atoms with Crippen LogP contribution in [0.4, 0.5) is 0 Å². The van der Waals surface area contributed by atoms with E-state index < -0.39 is 10.0 Å². The van der Waals surface area contributed by atoms with E-state index >= 15 is 0 Å². The lowest BCUT2D eigenvalue weighted by Gasteiger charge is -2.15. The normalized spacial score (nSPS) is 11.6. The Morgan fingerprint density at radius 3 is 2.65 bits per heavy atom.